The van der Waals surface area contributed by atoms with E-state index >= 15 is 0 Å². The van der Waals surface area contributed by atoms with Crippen molar-refractivity contribution in [3.8, 4) is 0 Å². The van der Waals surface area contributed by atoms with Gasteiger partial charge in [-0.1, -0.05) is 43.7 Å². The Kier molecular flexibility index (Phi) is 6.93. The predicted octanol–water partition coefficient (Wildman–Crippen LogP) is 3.58. The van der Waals surface area contributed by atoms with Crippen LogP contribution in [0.5, 0.6) is 0 Å². The van der Waals surface area contributed by atoms with Crippen LogP contribution in [0.2, 0.25) is 12.1 Å². The highest BCUT2D eigenvalue weighted by Gasteiger charge is 1.99. The topological polar surface area (TPSA) is 0 Å². The van der Waals surface area contributed by atoms with Crippen LogP contribution in [-0.4, -0.2) is 7.28 Å². The van der Waals surface area contributed by atoms with E-state index in [9.17, 15) is 0 Å². The minimum atomic E-state index is 0.810. The zero-order valence-electron chi connectivity index (χ0n) is 8.77. The first-order valence-corrected chi connectivity index (χ1v) is 4.97. The van der Waals surface area contributed by atoms with E-state index in [-0.39, 0.29) is 0 Å². The van der Waals surface area contributed by atoms with Gasteiger partial charge in [-0.3, -0.25) is 0 Å². The lowest BCUT2D eigenvalue weighted by Gasteiger charge is -2.05. The molecule has 0 heterocycles. The highest BCUT2D eigenvalue weighted by Crippen LogP contribution is 2.12. The van der Waals surface area contributed by atoms with E-state index in [1.165, 1.54) is 25.7 Å². The van der Waals surface area contributed by atoms with Crippen molar-refractivity contribution in [3.05, 3.63) is 24.3 Å². The summed E-state index contributed by atoms with van der Waals surface area (Å²) in [6, 6.07) is 0. The highest BCUT2D eigenvalue weighted by atomic mass is 13.9. The van der Waals surface area contributed by atoms with Gasteiger partial charge >= 0.3 is 0 Å². The molecule has 1 unspecified atom stereocenters. The van der Waals surface area contributed by atoms with E-state index in [2.05, 4.69) is 33.4 Å². The fourth-order valence-corrected chi connectivity index (χ4v) is 1.07. The molecule has 0 aliphatic heterocycles. The van der Waals surface area contributed by atoms with Gasteiger partial charge in [-0.05, 0) is 19.8 Å². The molecule has 0 aliphatic rings. The third-order valence-electron chi connectivity index (χ3n) is 2.29. The monoisotopic (exact) mass is 164 g/mol. The Balaban J connectivity index is 3.54. The van der Waals surface area contributed by atoms with Crippen LogP contribution in [0, 0.1) is 0 Å². The van der Waals surface area contributed by atoms with E-state index in [1.807, 2.05) is 6.08 Å². The number of rotatable bonds is 6. The van der Waals surface area contributed by atoms with Crippen molar-refractivity contribution < 1.29 is 0 Å². The second-order valence-electron chi connectivity index (χ2n) is 3.61. The summed E-state index contributed by atoms with van der Waals surface area (Å²) in [6.45, 7) is 10.5. The second kappa shape index (κ2) is 7.21. The lowest BCUT2D eigenvalue weighted by molar-refractivity contribution is 0.915. The molecule has 0 aliphatic carbocycles. The molecule has 1 heteroatoms. The van der Waals surface area contributed by atoms with Crippen LogP contribution in [0.3, 0.4) is 0 Å². The first kappa shape index (κ1) is 11.5. The van der Waals surface area contributed by atoms with E-state index in [4.69, 9.17) is 0 Å². The molecule has 0 radical (unpaired) electrons. The van der Waals surface area contributed by atoms with Crippen LogP contribution in [0.25, 0.3) is 0 Å². The van der Waals surface area contributed by atoms with Crippen molar-refractivity contribution in [1.29, 1.82) is 0 Å². The molecular weight excluding hydrogens is 143 g/mol. The molecule has 0 nitrogen and oxygen atoms in total. The molecule has 0 aromatic rings. The number of hydrogen-bond donors (Lipinski definition) is 0. The highest BCUT2D eigenvalue weighted by molar-refractivity contribution is 6.38. The first-order chi connectivity index (χ1) is 5.70. The Morgan fingerprint density at radius 1 is 1.58 bits per heavy atom. The minimum Gasteiger partial charge on any atom is -0.104 e. The molecule has 0 bridgehead atoms. The molecule has 0 aromatic carbocycles. The summed E-state index contributed by atoms with van der Waals surface area (Å²) in [6.07, 6.45) is 7.95. The molecule has 0 saturated carbocycles. The molecule has 0 rings (SSSR count). The molecular formula is C11H21B. The van der Waals surface area contributed by atoms with Crippen molar-refractivity contribution in [3.63, 3.8) is 0 Å². The predicted molar refractivity (Wildman–Crippen MR) is 60.2 cm³/mol. The van der Waals surface area contributed by atoms with E-state index in [0.29, 0.717) is 0 Å². The van der Waals surface area contributed by atoms with Crippen LogP contribution < -0.4 is 0 Å². The summed E-state index contributed by atoms with van der Waals surface area (Å²) in [5.74, 6) is 0.810. The molecule has 0 spiro atoms. The summed E-state index contributed by atoms with van der Waals surface area (Å²) >= 11 is 0. The van der Waals surface area contributed by atoms with Gasteiger partial charge in [0.05, 0.1) is 0 Å². The van der Waals surface area contributed by atoms with Gasteiger partial charge in [0.2, 0.25) is 0 Å². The fraction of sp³-hybridized carbons (Fsp3) is 0.636. The van der Waals surface area contributed by atoms with Crippen molar-refractivity contribution in [2.75, 3.05) is 0 Å². The van der Waals surface area contributed by atoms with Gasteiger partial charge in [0.25, 0.3) is 0 Å². The van der Waals surface area contributed by atoms with Crippen molar-refractivity contribution in [2.24, 2.45) is 0 Å². The summed E-state index contributed by atoms with van der Waals surface area (Å²) in [4.78, 5) is 0. The van der Waals surface area contributed by atoms with Crippen molar-refractivity contribution in [2.45, 2.75) is 45.8 Å². The standard InChI is InChI=1S/C11H21B/c1-5-9-12-11(4)8-7-10(3)6-2/h5,7,11-12H,1,6,8-9H2,2-4H3/b10-7-. The fourth-order valence-electron chi connectivity index (χ4n) is 1.07. The van der Waals surface area contributed by atoms with E-state index < -0.39 is 0 Å². The molecule has 12 heavy (non-hydrogen) atoms. The molecule has 68 valence electrons. The van der Waals surface area contributed by atoms with Crippen LogP contribution in [0.4, 0.5) is 0 Å². The second-order valence-corrected chi connectivity index (χ2v) is 3.61. The van der Waals surface area contributed by atoms with Gasteiger partial charge in [-0.2, -0.15) is 0 Å². The molecule has 0 fully saturated rings. The number of hydrogen-bond acceptors (Lipinski definition) is 0. The molecule has 0 N–H and O–H groups in total. The first-order valence-electron chi connectivity index (χ1n) is 4.97. The average Bonchev–Trinajstić information content (AvgIpc) is 2.10. The van der Waals surface area contributed by atoms with Crippen molar-refractivity contribution in [1.82, 2.24) is 0 Å². The minimum absolute atomic E-state index is 0.810. The third-order valence-corrected chi connectivity index (χ3v) is 2.29. The SMILES string of the molecule is C=CCBC(C)C/C=C(/C)CC. The van der Waals surface area contributed by atoms with Crippen LogP contribution in [-0.2, 0) is 0 Å². The zero-order valence-corrected chi connectivity index (χ0v) is 8.77. The van der Waals surface area contributed by atoms with E-state index in [1.54, 1.807) is 0 Å². The van der Waals surface area contributed by atoms with Gasteiger partial charge in [0.1, 0.15) is 7.28 Å². The normalized spacial score (nSPS) is 14.1. The van der Waals surface area contributed by atoms with Gasteiger partial charge in [-0.25, -0.2) is 0 Å². The quantitative estimate of drug-likeness (QED) is 0.415. The largest absolute Gasteiger partial charge is 0.128 e. The zero-order chi connectivity index (χ0) is 9.40. The van der Waals surface area contributed by atoms with Crippen LogP contribution >= 0.6 is 0 Å². The van der Waals surface area contributed by atoms with Gasteiger partial charge in [0.15, 0.2) is 0 Å². The summed E-state index contributed by atoms with van der Waals surface area (Å²) in [7, 11) is 1.27. The Labute approximate surface area is 78.0 Å². The maximum Gasteiger partial charge on any atom is 0.128 e. The smallest absolute Gasteiger partial charge is 0.104 e. The summed E-state index contributed by atoms with van der Waals surface area (Å²) in [5.41, 5.74) is 1.51. The lowest BCUT2D eigenvalue weighted by atomic mass is 9.61. The Hall–Kier alpha value is -0.455. The van der Waals surface area contributed by atoms with E-state index in [0.717, 1.165) is 12.1 Å². The van der Waals surface area contributed by atoms with Crippen LogP contribution in [0.1, 0.15) is 33.6 Å². The Bertz CT molecular complexity index is 147. The van der Waals surface area contributed by atoms with Gasteiger partial charge < -0.3 is 0 Å². The Morgan fingerprint density at radius 2 is 2.25 bits per heavy atom. The molecule has 0 amide bonds. The van der Waals surface area contributed by atoms with Crippen molar-refractivity contribution >= 4 is 7.28 Å². The Morgan fingerprint density at radius 3 is 2.75 bits per heavy atom. The lowest BCUT2D eigenvalue weighted by Crippen LogP contribution is -1.96. The molecule has 1 atom stereocenters. The third kappa shape index (κ3) is 6.27. The maximum atomic E-state index is 3.73. The average molecular weight is 164 g/mol. The summed E-state index contributed by atoms with van der Waals surface area (Å²) < 4.78 is 0. The number of allylic oxidation sites excluding steroid dienone is 3. The summed E-state index contributed by atoms with van der Waals surface area (Å²) in [5, 5.41) is 0. The maximum absolute atomic E-state index is 3.73. The molecule has 0 saturated heterocycles. The van der Waals surface area contributed by atoms with Gasteiger partial charge in [-0.15, -0.1) is 6.58 Å². The molecule has 0 aromatic heterocycles. The van der Waals surface area contributed by atoms with Crippen LogP contribution in [0.15, 0.2) is 24.3 Å². The van der Waals surface area contributed by atoms with Gasteiger partial charge in [0, 0.05) is 0 Å².